The number of ether oxygens (including phenoxy) is 1. The summed E-state index contributed by atoms with van der Waals surface area (Å²) in [6.45, 7) is 0. The normalized spacial score (nSPS) is 16.1. The summed E-state index contributed by atoms with van der Waals surface area (Å²) >= 11 is 0. The topological polar surface area (TPSA) is 107 Å². The molecule has 7 heteroatoms. The van der Waals surface area contributed by atoms with Crippen molar-refractivity contribution in [1.82, 2.24) is 10.4 Å². The second kappa shape index (κ2) is 6.28. The molecule has 20 heavy (non-hydrogen) atoms. The van der Waals surface area contributed by atoms with Gasteiger partial charge in [0, 0.05) is 12.6 Å². The standard InChI is InChI=1S/C13H12N4O3/c14-13(19)17-16-11-5-1-3-9(8-18)12(11)20-10-4-2-6-15-7-10/h1-4,6-8H,5H2,(H3,14,17,19). The third-order valence-electron chi connectivity index (χ3n) is 2.42. The Bertz CT molecular complexity index is 605. The lowest BCUT2D eigenvalue weighted by molar-refractivity contribution is -0.104. The summed E-state index contributed by atoms with van der Waals surface area (Å²) in [6.07, 6.45) is 7.54. The number of pyridine rings is 1. The highest BCUT2D eigenvalue weighted by Crippen LogP contribution is 2.20. The summed E-state index contributed by atoms with van der Waals surface area (Å²) in [7, 11) is 0. The molecule has 2 rings (SSSR count). The first kappa shape index (κ1) is 13.5. The van der Waals surface area contributed by atoms with Crippen LogP contribution in [-0.2, 0) is 4.79 Å². The van der Waals surface area contributed by atoms with E-state index >= 15 is 0 Å². The molecule has 7 nitrogen and oxygen atoms in total. The average molecular weight is 272 g/mol. The number of carbonyl (C=O) groups excluding carboxylic acids is 2. The number of hydrazone groups is 1. The van der Waals surface area contributed by atoms with E-state index in [1.165, 1.54) is 6.20 Å². The number of amides is 2. The van der Waals surface area contributed by atoms with Crippen molar-refractivity contribution in [3.05, 3.63) is 48.0 Å². The molecule has 0 fully saturated rings. The molecule has 0 radical (unpaired) electrons. The van der Waals surface area contributed by atoms with Crippen molar-refractivity contribution < 1.29 is 14.3 Å². The number of aldehydes is 1. The first-order valence-corrected chi connectivity index (χ1v) is 5.77. The molecule has 2 amide bonds. The van der Waals surface area contributed by atoms with Gasteiger partial charge >= 0.3 is 6.03 Å². The minimum absolute atomic E-state index is 0.268. The van der Waals surface area contributed by atoms with Crippen LogP contribution < -0.4 is 15.9 Å². The maximum Gasteiger partial charge on any atom is 0.332 e. The van der Waals surface area contributed by atoms with Crippen LogP contribution in [-0.4, -0.2) is 23.0 Å². The van der Waals surface area contributed by atoms with Gasteiger partial charge in [0.2, 0.25) is 0 Å². The number of nitrogens with two attached hydrogens (primary N) is 1. The summed E-state index contributed by atoms with van der Waals surface area (Å²) < 4.78 is 5.62. The van der Waals surface area contributed by atoms with Crippen LogP contribution in [0.5, 0.6) is 5.75 Å². The van der Waals surface area contributed by atoms with Gasteiger partial charge in [-0.15, -0.1) is 0 Å². The highest BCUT2D eigenvalue weighted by molar-refractivity contribution is 6.06. The van der Waals surface area contributed by atoms with E-state index in [0.29, 0.717) is 29.7 Å². The van der Waals surface area contributed by atoms with Crippen LogP contribution in [0.1, 0.15) is 6.42 Å². The predicted molar refractivity (Wildman–Crippen MR) is 71.9 cm³/mol. The maximum absolute atomic E-state index is 11.1. The van der Waals surface area contributed by atoms with Crippen LogP contribution >= 0.6 is 0 Å². The van der Waals surface area contributed by atoms with Crippen molar-refractivity contribution in [2.45, 2.75) is 6.42 Å². The van der Waals surface area contributed by atoms with Crippen LogP contribution in [0.4, 0.5) is 4.79 Å². The van der Waals surface area contributed by atoms with Crippen molar-refractivity contribution in [3.63, 3.8) is 0 Å². The number of aromatic nitrogens is 1. The largest absolute Gasteiger partial charge is 0.453 e. The monoisotopic (exact) mass is 272 g/mol. The van der Waals surface area contributed by atoms with Crippen LogP contribution in [0.3, 0.4) is 0 Å². The van der Waals surface area contributed by atoms with Gasteiger partial charge in [-0.1, -0.05) is 12.2 Å². The molecule has 0 spiro atoms. The van der Waals surface area contributed by atoms with Gasteiger partial charge in [0.05, 0.1) is 11.8 Å². The molecule has 3 N–H and O–H groups in total. The number of allylic oxidation sites excluding steroid dienone is 4. The summed E-state index contributed by atoms with van der Waals surface area (Å²) in [4.78, 5) is 25.7. The number of hydrogen-bond donors (Lipinski definition) is 2. The van der Waals surface area contributed by atoms with E-state index < -0.39 is 6.03 Å². The van der Waals surface area contributed by atoms with Gasteiger partial charge in [0.1, 0.15) is 11.5 Å². The minimum atomic E-state index is -0.791. The lowest BCUT2D eigenvalue weighted by Gasteiger charge is -2.15. The highest BCUT2D eigenvalue weighted by Gasteiger charge is 2.18. The number of carbonyl (C=O) groups is 2. The molecule has 1 aromatic heterocycles. The van der Waals surface area contributed by atoms with Gasteiger partial charge in [-0.25, -0.2) is 10.2 Å². The van der Waals surface area contributed by atoms with E-state index in [1.807, 2.05) is 0 Å². The van der Waals surface area contributed by atoms with Crippen molar-refractivity contribution in [2.75, 3.05) is 0 Å². The number of primary amides is 1. The summed E-state index contributed by atoms with van der Waals surface area (Å²) in [5.41, 5.74) is 7.81. The van der Waals surface area contributed by atoms with Crippen LogP contribution in [0.25, 0.3) is 0 Å². The molecule has 102 valence electrons. The minimum Gasteiger partial charge on any atom is -0.453 e. The fraction of sp³-hybridized carbons (Fsp3) is 0.0769. The van der Waals surface area contributed by atoms with Gasteiger partial charge in [-0.05, 0) is 12.1 Å². The first-order chi connectivity index (χ1) is 9.70. The SMILES string of the molecule is NC(=O)NN=C1CC=CC(C=O)=C1Oc1cccnc1. The van der Waals surface area contributed by atoms with Crippen LogP contribution in [0.15, 0.2) is 53.1 Å². The number of nitrogens with zero attached hydrogens (tertiary/aromatic N) is 2. The Kier molecular flexibility index (Phi) is 4.23. The Labute approximate surface area is 114 Å². The third kappa shape index (κ3) is 3.29. The lowest BCUT2D eigenvalue weighted by Crippen LogP contribution is -2.27. The maximum atomic E-state index is 11.1. The molecule has 1 heterocycles. The fourth-order valence-corrected chi connectivity index (χ4v) is 1.59. The zero-order valence-electron chi connectivity index (χ0n) is 10.4. The van der Waals surface area contributed by atoms with E-state index in [-0.39, 0.29) is 5.76 Å². The molecular weight excluding hydrogens is 260 g/mol. The van der Waals surface area contributed by atoms with E-state index in [4.69, 9.17) is 10.5 Å². The molecule has 0 aliphatic heterocycles. The van der Waals surface area contributed by atoms with Crippen molar-refractivity contribution >= 4 is 18.0 Å². The third-order valence-corrected chi connectivity index (χ3v) is 2.42. The molecule has 0 unspecified atom stereocenters. The Hall–Kier alpha value is -2.96. The summed E-state index contributed by atoms with van der Waals surface area (Å²) in [6, 6.07) is 2.61. The molecule has 0 saturated heterocycles. The van der Waals surface area contributed by atoms with E-state index in [2.05, 4.69) is 15.5 Å². The molecule has 1 aliphatic carbocycles. The van der Waals surface area contributed by atoms with Crippen molar-refractivity contribution in [3.8, 4) is 5.75 Å². The van der Waals surface area contributed by atoms with Gasteiger partial charge in [-0.3, -0.25) is 9.78 Å². The molecule has 0 atom stereocenters. The van der Waals surface area contributed by atoms with Crippen LogP contribution in [0.2, 0.25) is 0 Å². The molecule has 0 aromatic carbocycles. The summed E-state index contributed by atoms with van der Waals surface area (Å²) in [5, 5.41) is 3.84. The second-order valence-electron chi connectivity index (χ2n) is 3.83. The smallest absolute Gasteiger partial charge is 0.332 e. The Balaban J connectivity index is 2.32. The highest BCUT2D eigenvalue weighted by atomic mass is 16.5. The number of urea groups is 1. The van der Waals surface area contributed by atoms with E-state index in [9.17, 15) is 9.59 Å². The van der Waals surface area contributed by atoms with Crippen LogP contribution in [0, 0.1) is 0 Å². The Morgan fingerprint density at radius 2 is 2.40 bits per heavy atom. The fourth-order valence-electron chi connectivity index (χ4n) is 1.59. The van der Waals surface area contributed by atoms with Gasteiger partial charge in [0.25, 0.3) is 0 Å². The predicted octanol–water partition coefficient (Wildman–Crippen LogP) is 0.898. The van der Waals surface area contributed by atoms with Gasteiger partial charge in [-0.2, -0.15) is 5.10 Å². The number of hydrogen-bond acceptors (Lipinski definition) is 5. The van der Waals surface area contributed by atoms with Gasteiger partial charge in [0.15, 0.2) is 12.0 Å². The molecule has 0 bridgehead atoms. The zero-order valence-corrected chi connectivity index (χ0v) is 10.4. The number of nitrogens with one attached hydrogen (secondary N) is 1. The number of rotatable bonds is 4. The quantitative estimate of drug-likeness (QED) is 0.627. The van der Waals surface area contributed by atoms with Crippen molar-refractivity contribution in [2.24, 2.45) is 10.8 Å². The average Bonchev–Trinajstić information content (AvgIpc) is 2.47. The summed E-state index contributed by atoms with van der Waals surface area (Å²) in [5.74, 6) is 0.730. The van der Waals surface area contributed by atoms with Gasteiger partial charge < -0.3 is 10.5 Å². The Morgan fingerprint density at radius 3 is 3.05 bits per heavy atom. The molecular formula is C13H12N4O3. The zero-order chi connectivity index (χ0) is 14.4. The van der Waals surface area contributed by atoms with Crippen molar-refractivity contribution in [1.29, 1.82) is 0 Å². The lowest BCUT2D eigenvalue weighted by atomic mass is 10.0. The second-order valence-corrected chi connectivity index (χ2v) is 3.83. The molecule has 0 saturated carbocycles. The van der Waals surface area contributed by atoms with E-state index in [0.717, 1.165) is 0 Å². The Morgan fingerprint density at radius 1 is 1.55 bits per heavy atom. The molecule has 1 aliphatic rings. The van der Waals surface area contributed by atoms with E-state index in [1.54, 1.807) is 30.5 Å². The molecule has 1 aromatic rings. The first-order valence-electron chi connectivity index (χ1n) is 5.77.